The van der Waals surface area contributed by atoms with Gasteiger partial charge in [0, 0.05) is 36.6 Å². The van der Waals surface area contributed by atoms with Gasteiger partial charge in [0.1, 0.15) is 5.84 Å². The molecule has 1 heterocycles. The Morgan fingerprint density at radius 1 is 1.27 bits per heavy atom. The minimum atomic E-state index is 0.622. The van der Waals surface area contributed by atoms with Gasteiger partial charge in [-0.25, -0.2) is 0 Å². The number of aliphatic imine (C=N–C) groups is 1. The van der Waals surface area contributed by atoms with Crippen molar-refractivity contribution in [3.8, 4) is 0 Å². The Morgan fingerprint density at radius 2 is 2.00 bits per heavy atom. The SMILES string of the molecule is CN.CN=C(NCCc1ccccc1Cl)c1cncc(N)c1. The molecule has 0 radical (unpaired) electrons. The van der Waals surface area contributed by atoms with Crippen molar-refractivity contribution in [1.29, 1.82) is 0 Å². The summed E-state index contributed by atoms with van der Waals surface area (Å²) < 4.78 is 0. The molecule has 0 saturated carbocycles. The number of benzene rings is 1. The summed E-state index contributed by atoms with van der Waals surface area (Å²) in [5.41, 5.74) is 12.8. The second kappa shape index (κ2) is 9.76. The van der Waals surface area contributed by atoms with Crippen LogP contribution in [0, 0.1) is 0 Å². The maximum atomic E-state index is 6.13. The van der Waals surface area contributed by atoms with Crippen LogP contribution in [0.15, 0.2) is 47.7 Å². The van der Waals surface area contributed by atoms with Gasteiger partial charge in [-0.2, -0.15) is 0 Å². The van der Waals surface area contributed by atoms with Gasteiger partial charge in [-0.3, -0.25) is 9.98 Å². The predicted molar refractivity (Wildman–Crippen MR) is 94.4 cm³/mol. The Bertz CT molecular complexity index is 613. The van der Waals surface area contributed by atoms with E-state index in [1.807, 2.05) is 30.3 Å². The van der Waals surface area contributed by atoms with Crippen molar-refractivity contribution >= 4 is 23.1 Å². The highest BCUT2D eigenvalue weighted by Gasteiger charge is 2.04. The number of nitrogens with zero attached hydrogens (tertiary/aromatic N) is 2. The molecule has 0 atom stereocenters. The van der Waals surface area contributed by atoms with Gasteiger partial charge in [-0.15, -0.1) is 0 Å². The molecule has 0 aliphatic carbocycles. The largest absolute Gasteiger partial charge is 0.397 e. The van der Waals surface area contributed by atoms with Crippen molar-refractivity contribution in [3.63, 3.8) is 0 Å². The van der Waals surface area contributed by atoms with Crippen molar-refractivity contribution in [1.82, 2.24) is 10.3 Å². The molecule has 6 heteroatoms. The van der Waals surface area contributed by atoms with E-state index in [2.05, 4.69) is 21.0 Å². The van der Waals surface area contributed by atoms with Gasteiger partial charge in [0.05, 0.1) is 5.69 Å². The van der Waals surface area contributed by atoms with Crippen molar-refractivity contribution in [2.45, 2.75) is 6.42 Å². The van der Waals surface area contributed by atoms with Crippen molar-refractivity contribution in [2.24, 2.45) is 10.7 Å². The topological polar surface area (TPSA) is 89.3 Å². The third kappa shape index (κ3) is 5.35. The standard InChI is InChI=1S/C15H17ClN4.CH5N/c1-18-15(12-8-13(17)10-19-9-12)20-7-6-11-4-2-3-5-14(11)16;1-2/h2-5,8-10H,6-7,17H2,1H3,(H,18,20);2H2,1H3. The molecule has 5 N–H and O–H groups in total. The molecule has 0 aliphatic heterocycles. The highest BCUT2D eigenvalue weighted by Crippen LogP contribution is 2.14. The monoisotopic (exact) mass is 319 g/mol. The molecule has 1 aromatic heterocycles. The van der Waals surface area contributed by atoms with E-state index in [-0.39, 0.29) is 0 Å². The lowest BCUT2D eigenvalue weighted by Gasteiger charge is -2.10. The molecular weight excluding hydrogens is 298 g/mol. The molecule has 5 nitrogen and oxygen atoms in total. The molecule has 0 spiro atoms. The molecule has 22 heavy (non-hydrogen) atoms. The van der Waals surface area contributed by atoms with Crippen molar-refractivity contribution in [3.05, 3.63) is 58.9 Å². The minimum Gasteiger partial charge on any atom is -0.397 e. The zero-order valence-corrected chi connectivity index (χ0v) is 13.6. The first-order valence-corrected chi connectivity index (χ1v) is 7.31. The van der Waals surface area contributed by atoms with Gasteiger partial charge in [-0.1, -0.05) is 29.8 Å². The van der Waals surface area contributed by atoms with Gasteiger partial charge in [0.25, 0.3) is 0 Å². The smallest absolute Gasteiger partial charge is 0.129 e. The van der Waals surface area contributed by atoms with Crippen LogP contribution < -0.4 is 16.8 Å². The van der Waals surface area contributed by atoms with Gasteiger partial charge in [0.2, 0.25) is 0 Å². The van der Waals surface area contributed by atoms with Crippen LogP contribution in [0.25, 0.3) is 0 Å². The fourth-order valence-corrected chi connectivity index (χ4v) is 2.14. The lowest BCUT2D eigenvalue weighted by molar-refractivity contribution is 0.864. The lowest BCUT2D eigenvalue weighted by Crippen LogP contribution is -2.27. The maximum Gasteiger partial charge on any atom is 0.129 e. The van der Waals surface area contributed by atoms with Gasteiger partial charge in [-0.05, 0) is 31.2 Å². The highest BCUT2D eigenvalue weighted by atomic mass is 35.5. The summed E-state index contributed by atoms with van der Waals surface area (Å²) in [6, 6.07) is 9.68. The number of nitrogen functional groups attached to an aromatic ring is 1. The summed E-state index contributed by atoms with van der Waals surface area (Å²) in [7, 11) is 3.24. The van der Waals surface area contributed by atoms with Crippen LogP contribution in [0.1, 0.15) is 11.1 Å². The molecule has 0 amide bonds. The lowest BCUT2D eigenvalue weighted by atomic mass is 10.1. The Hall–Kier alpha value is -2.11. The zero-order valence-electron chi connectivity index (χ0n) is 12.9. The quantitative estimate of drug-likeness (QED) is 0.594. The fourth-order valence-electron chi connectivity index (χ4n) is 1.91. The molecule has 2 rings (SSSR count). The van der Waals surface area contributed by atoms with Gasteiger partial charge < -0.3 is 16.8 Å². The van der Waals surface area contributed by atoms with Crippen LogP contribution in [0.4, 0.5) is 5.69 Å². The first kappa shape index (κ1) is 17.9. The number of hydrogen-bond acceptors (Lipinski definition) is 4. The maximum absolute atomic E-state index is 6.13. The molecular formula is C16H22ClN5. The first-order valence-electron chi connectivity index (χ1n) is 6.93. The van der Waals surface area contributed by atoms with Gasteiger partial charge >= 0.3 is 0 Å². The number of hydrogen-bond donors (Lipinski definition) is 3. The number of nitrogens with one attached hydrogen (secondary N) is 1. The van der Waals surface area contributed by atoms with Crippen LogP contribution >= 0.6 is 11.6 Å². The van der Waals surface area contributed by atoms with E-state index < -0.39 is 0 Å². The Labute approximate surface area is 136 Å². The second-order valence-electron chi connectivity index (χ2n) is 4.35. The third-order valence-electron chi connectivity index (χ3n) is 2.90. The summed E-state index contributed by atoms with van der Waals surface area (Å²) in [5, 5.41) is 4.07. The molecule has 0 fully saturated rings. The van der Waals surface area contributed by atoms with Crippen LogP contribution in [0.5, 0.6) is 0 Å². The van der Waals surface area contributed by atoms with Crippen molar-refractivity contribution < 1.29 is 0 Å². The summed E-state index contributed by atoms with van der Waals surface area (Å²) in [6.45, 7) is 0.741. The van der Waals surface area contributed by atoms with E-state index in [4.69, 9.17) is 17.3 Å². The Kier molecular flexibility index (Phi) is 7.96. The van der Waals surface area contributed by atoms with Gasteiger partial charge in [0.15, 0.2) is 0 Å². The van der Waals surface area contributed by atoms with Crippen LogP contribution in [-0.2, 0) is 6.42 Å². The highest BCUT2D eigenvalue weighted by molar-refractivity contribution is 6.31. The number of nitrogens with two attached hydrogens (primary N) is 2. The normalized spacial score (nSPS) is 10.6. The fraction of sp³-hybridized carbons (Fsp3) is 0.250. The molecule has 2 aromatic rings. The average molecular weight is 320 g/mol. The number of rotatable bonds is 4. The average Bonchev–Trinajstić information content (AvgIpc) is 2.55. The summed E-state index contributed by atoms with van der Waals surface area (Å²) in [6.07, 6.45) is 4.18. The summed E-state index contributed by atoms with van der Waals surface area (Å²) in [4.78, 5) is 8.30. The minimum absolute atomic E-state index is 0.622. The first-order chi connectivity index (χ1) is 10.7. The van der Waals surface area contributed by atoms with Crippen LogP contribution in [0.2, 0.25) is 5.02 Å². The second-order valence-corrected chi connectivity index (χ2v) is 4.75. The third-order valence-corrected chi connectivity index (χ3v) is 3.27. The molecule has 118 valence electrons. The van der Waals surface area contributed by atoms with Crippen molar-refractivity contribution in [2.75, 3.05) is 26.4 Å². The Morgan fingerprint density at radius 3 is 2.64 bits per heavy atom. The van der Waals surface area contributed by atoms with E-state index in [1.165, 1.54) is 7.05 Å². The van der Waals surface area contributed by atoms with Crippen LogP contribution in [-0.4, -0.2) is 31.5 Å². The van der Waals surface area contributed by atoms with E-state index >= 15 is 0 Å². The zero-order chi connectivity index (χ0) is 16.4. The number of anilines is 1. The molecule has 1 aromatic carbocycles. The molecule has 0 unspecified atom stereocenters. The van der Waals surface area contributed by atoms with E-state index in [1.54, 1.807) is 19.4 Å². The molecule has 0 bridgehead atoms. The molecule has 0 saturated heterocycles. The number of amidine groups is 1. The predicted octanol–water partition coefficient (Wildman–Crippen LogP) is 2.10. The summed E-state index contributed by atoms with van der Waals surface area (Å²) >= 11 is 6.13. The number of halogens is 1. The molecule has 0 aliphatic rings. The Balaban J connectivity index is 0.00000116. The van der Waals surface area contributed by atoms with E-state index in [0.29, 0.717) is 5.69 Å². The van der Waals surface area contributed by atoms with Crippen LogP contribution in [0.3, 0.4) is 0 Å². The van der Waals surface area contributed by atoms with E-state index in [0.717, 1.165) is 35.0 Å². The van der Waals surface area contributed by atoms with E-state index in [9.17, 15) is 0 Å². The number of aromatic nitrogens is 1. The number of pyridine rings is 1. The summed E-state index contributed by atoms with van der Waals surface area (Å²) in [5.74, 6) is 0.775.